The fourth-order valence-electron chi connectivity index (χ4n) is 3.63. The Morgan fingerprint density at radius 3 is 2.41 bits per heavy atom. The highest BCUT2D eigenvalue weighted by Gasteiger charge is 2.55. The van der Waals surface area contributed by atoms with Gasteiger partial charge in [0.15, 0.2) is 11.6 Å². The monoisotopic (exact) mass is 238 g/mol. The molecule has 1 saturated heterocycles. The summed E-state index contributed by atoms with van der Waals surface area (Å²) in [5.74, 6) is -0.533. The fourth-order valence-corrected chi connectivity index (χ4v) is 3.63. The van der Waals surface area contributed by atoms with Crippen molar-refractivity contribution in [1.82, 2.24) is 0 Å². The first-order valence-corrected chi connectivity index (χ1v) is 6.36. The van der Waals surface area contributed by atoms with Crippen LogP contribution in [0.5, 0.6) is 0 Å². The van der Waals surface area contributed by atoms with Crippen molar-refractivity contribution in [3.8, 4) is 0 Å². The molecular weight excluding hydrogens is 220 g/mol. The topological polar surface area (TPSA) is 55.8 Å². The van der Waals surface area contributed by atoms with Crippen molar-refractivity contribution < 1.29 is 19.4 Å². The highest BCUT2D eigenvalue weighted by Crippen LogP contribution is 2.53. The predicted octanol–water partition coefficient (Wildman–Crippen LogP) is 2.09. The fraction of sp³-hybridized carbons (Fsp3) is 0.769. The zero-order valence-corrected chi connectivity index (χ0v) is 9.91. The van der Waals surface area contributed by atoms with Crippen LogP contribution in [0, 0.1) is 5.41 Å². The van der Waals surface area contributed by atoms with E-state index < -0.39 is 5.79 Å². The molecule has 2 aliphatic carbocycles. The third-order valence-electron chi connectivity index (χ3n) is 4.37. The van der Waals surface area contributed by atoms with E-state index in [0.29, 0.717) is 31.6 Å². The summed E-state index contributed by atoms with van der Waals surface area (Å²) in [6.45, 7) is 1.17. The first-order valence-electron chi connectivity index (χ1n) is 6.36. The molecule has 0 atom stereocenters. The van der Waals surface area contributed by atoms with Gasteiger partial charge in [-0.25, -0.2) is 0 Å². The lowest BCUT2D eigenvalue weighted by molar-refractivity contribution is -0.192. The molecule has 1 heterocycles. The molecule has 4 nitrogen and oxygen atoms in total. The van der Waals surface area contributed by atoms with Crippen molar-refractivity contribution in [1.29, 1.82) is 0 Å². The van der Waals surface area contributed by atoms with Gasteiger partial charge in [-0.1, -0.05) is 12.8 Å². The quantitative estimate of drug-likeness (QED) is 0.518. The van der Waals surface area contributed by atoms with Crippen LogP contribution >= 0.6 is 0 Å². The van der Waals surface area contributed by atoms with E-state index in [2.05, 4.69) is 0 Å². The van der Waals surface area contributed by atoms with Gasteiger partial charge in [-0.3, -0.25) is 4.79 Å². The zero-order chi connectivity index (χ0) is 11.9. The molecule has 0 unspecified atom stereocenters. The highest BCUT2D eigenvalue weighted by atomic mass is 16.7. The lowest BCUT2D eigenvalue weighted by Gasteiger charge is -2.42. The van der Waals surface area contributed by atoms with Crippen LogP contribution in [-0.2, 0) is 14.3 Å². The van der Waals surface area contributed by atoms with E-state index >= 15 is 0 Å². The van der Waals surface area contributed by atoms with Crippen LogP contribution in [0.3, 0.4) is 0 Å². The average molecular weight is 238 g/mol. The van der Waals surface area contributed by atoms with Gasteiger partial charge in [0.1, 0.15) is 0 Å². The van der Waals surface area contributed by atoms with Crippen LogP contribution in [0.25, 0.3) is 0 Å². The second-order valence-corrected chi connectivity index (χ2v) is 5.43. The van der Waals surface area contributed by atoms with Crippen molar-refractivity contribution in [3.05, 3.63) is 11.8 Å². The Morgan fingerprint density at radius 1 is 1.18 bits per heavy atom. The van der Waals surface area contributed by atoms with Crippen LogP contribution in [0.15, 0.2) is 11.8 Å². The maximum absolute atomic E-state index is 12.4. The van der Waals surface area contributed by atoms with Gasteiger partial charge in [0.2, 0.25) is 0 Å². The SMILES string of the molecule is O=C1/C(=C\O)CC2(CC13CCCC3)OCCO2. The van der Waals surface area contributed by atoms with Gasteiger partial charge in [-0.05, 0) is 12.8 Å². The van der Waals surface area contributed by atoms with Crippen molar-refractivity contribution >= 4 is 5.78 Å². The third kappa shape index (κ3) is 1.62. The molecule has 0 aromatic heterocycles. The van der Waals surface area contributed by atoms with E-state index in [1.807, 2.05) is 0 Å². The summed E-state index contributed by atoms with van der Waals surface area (Å²) in [4.78, 5) is 12.4. The van der Waals surface area contributed by atoms with E-state index in [-0.39, 0.29) is 11.2 Å². The molecule has 0 radical (unpaired) electrons. The maximum Gasteiger partial charge on any atom is 0.173 e. The zero-order valence-electron chi connectivity index (χ0n) is 9.91. The van der Waals surface area contributed by atoms with E-state index in [1.54, 1.807) is 0 Å². The van der Waals surface area contributed by atoms with E-state index in [9.17, 15) is 9.90 Å². The molecule has 17 heavy (non-hydrogen) atoms. The molecule has 2 saturated carbocycles. The molecule has 3 rings (SSSR count). The predicted molar refractivity (Wildman–Crippen MR) is 60.5 cm³/mol. The minimum Gasteiger partial charge on any atom is -0.515 e. The Bertz CT molecular complexity index is 360. The number of Topliss-reactive ketones (excluding diaryl/α,β-unsaturated/α-hetero) is 1. The molecule has 1 aliphatic heterocycles. The highest BCUT2D eigenvalue weighted by molar-refractivity contribution is 6.01. The number of carbonyl (C=O) groups is 1. The number of hydrogen-bond donors (Lipinski definition) is 1. The Hall–Kier alpha value is -0.870. The molecule has 4 heteroatoms. The van der Waals surface area contributed by atoms with Gasteiger partial charge in [0.25, 0.3) is 0 Å². The summed E-state index contributed by atoms with van der Waals surface area (Å²) >= 11 is 0. The van der Waals surface area contributed by atoms with Crippen LogP contribution in [0.1, 0.15) is 38.5 Å². The van der Waals surface area contributed by atoms with Gasteiger partial charge in [-0.2, -0.15) is 0 Å². The van der Waals surface area contributed by atoms with E-state index in [4.69, 9.17) is 9.47 Å². The van der Waals surface area contributed by atoms with E-state index in [1.165, 1.54) is 0 Å². The van der Waals surface area contributed by atoms with Gasteiger partial charge in [-0.15, -0.1) is 0 Å². The number of ketones is 1. The van der Waals surface area contributed by atoms with Crippen molar-refractivity contribution in [3.63, 3.8) is 0 Å². The minimum atomic E-state index is -0.646. The van der Waals surface area contributed by atoms with Crippen LogP contribution in [0.4, 0.5) is 0 Å². The number of ether oxygens (including phenoxy) is 2. The van der Waals surface area contributed by atoms with Crippen LogP contribution in [0.2, 0.25) is 0 Å². The maximum atomic E-state index is 12.4. The first kappa shape index (κ1) is 11.2. The van der Waals surface area contributed by atoms with Gasteiger partial charge in [0.05, 0.1) is 19.5 Å². The second-order valence-electron chi connectivity index (χ2n) is 5.43. The largest absolute Gasteiger partial charge is 0.515 e. The summed E-state index contributed by atoms with van der Waals surface area (Å²) in [7, 11) is 0. The van der Waals surface area contributed by atoms with Gasteiger partial charge >= 0.3 is 0 Å². The molecule has 1 N–H and O–H groups in total. The minimum absolute atomic E-state index is 0.113. The smallest absolute Gasteiger partial charge is 0.173 e. The van der Waals surface area contributed by atoms with Crippen LogP contribution < -0.4 is 0 Å². The summed E-state index contributed by atoms with van der Waals surface area (Å²) in [6.07, 6.45) is 5.98. The summed E-state index contributed by atoms with van der Waals surface area (Å²) in [6, 6.07) is 0. The second kappa shape index (κ2) is 3.82. The standard InChI is InChI=1S/C13H18O4/c14-8-10-7-13(16-5-6-17-13)9-12(11(10)15)3-1-2-4-12/h8,14H,1-7,9H2/b10-8-. The molecular formula is C13H18O4. The molecule has 94 valence electrons. The van der Waals surface area contributed by atoms with Gasteiger partial charge in [0, 0.05) is 23.8 Å². The molecule has 3 fully saturated rings. The van der Waals surface area contributed by atoms with Crippen molar-refractivity contribution in [2.75, 3.05) is 13.2 Å². The number of aliphatic hydroxyl groups excluding tert-OH is 1. The lowest BCUT2D eigenvalue weighted by Crippen LogP contribution is -2.47. The molecule has 0 bridgehead atoms. The molecule has 2 spiro atoms. The lowest BCUT2D eigenvalue weighted by atomic mass is 9.67. The van der Waals surface area contributed by atoms with E-state index in [0.717, 1.165) is 31.9 Å². The van der Waals surface area contributed by atoms with Crippen LogP contribution in [-0.4, -0.2) is 29.9 Å². The number of hydrogen-bond acceptors (Lipinski definition) is 4. The number of aliphatic hydroxyl groups is 1. The normalized spacial score (nSPS) is 32.9. The molecule has 0 aromatic carbocycles. The Balaban J connectivity index is 1.96. The Kier molecular flexibility index (Phi) is 2.52. The molecule has 0 aromatic rings. The third-order valence-corrected chi connectivity index (χ3v) is 4.37. The van der Waals surface area contributed by atoms with Gasteiger partial charge < -0.3 is 14.6 Å². The Morgan fingerprint density at radius 2 is 1.82 bits per heavy atom. The Labute approximate surface area is 101 Å². The summed E-state index contributed by atoms with van der Waals surface area (Å²) < 4.78 is 11.4. The first-order chi connectivity index (χ1) is 8.20. The van der Waals surface area contributed by atoms with Crippen molar-refractivity contribution in [2.24, 2.45) is 5.41 Å². The summed E-state index contributed by atoms with van der Waals surface area (Å²) in [5.41, 5.74) is 0.136. The average Bonchev–Trinajstić information content (AvgIpc) is 2.95. The number of carbonyl (C=O) groups excluding carboxylic acids is 1. The molecule has 0 amide bonds. The van der Waals surface area contributed by atoms with Crippen molar-refractivity contribution in [2.45, 2.75) is 44.3 Å². The number of rotatable bonds is 0. The summed E-state index contributed by atoms with van der Waals surface area (Å²) in [5, 5.41) is 9.25. The molecule has 3 aliphatic rings.